The van der Waals surface area contributed by atoms with Crippen molar-refractivity contribution in [1.29, 1.82) is 0 Å². The number of fused-ring (bicyclic) bond motifs is 1. The number of amides is 1. The van der Waals surface area contributed by atoms with Gasteiger partial charge in [0.25, 0.3) is 0 Å². The maximum atomic E-state index is 11.0. The molecule has 0 unspecified atom stereocenters. The van der Waals surface area contributed by atoms with Crippen LogP contribution in [0, 0.1) is 0 Å². The van der Waals surface area contributed by atoms with Gasteiger partial charge in [-0.15, -0.1) is 0 Å². The molecule has 0 aliphatic carbocycles. The van der Waals surface area contributed by atoms with Crippen molar-refractivity contribution >= 4 is 29.6 Å². The summed E-state index contributed by atoms with van der Waals surface area (Å²) in [6, 6.07) is 3.08. The number of carboxylic acids is 1. The first-order valence-corrected chi connectivity index (χ1v) is 5.67. The summed E-state index contributed by atoms with van der Waals surface area (Å²) in [5.74, 6) is -0.767. The van der Waals surface area contributed by atoms with E-state index in [1.54, 1.807) is 6.07 Å². The molecule has 1 aliphatic rings. The Balaban J connectivity index is 2.40. The first-order chi connectivity index (χ1) is 8.97. The Morgan fingerprint density at radius 2 is 2.00 bits per heavy atom. The number of carbonyl (C=O) groups excluding carboxylic acids is 1. The fourth-order valence-corrected chi connectivity index (χ4v) is 1.75. The first-order valence-electron chi connectivity index (χ1n) is 5.29. The zero-order valence-electron chi connectivity index (χ0n) is 9.90. The first kappa shape index (κ1) is 13.2. The molecule has 2 rings (SSSR count). The molecule has 6 nitrogen and oxygen atoms in total. The highest BCUT2D eigenvalue weighted by Gasteiger charge is 2.17. The van der Waals surface area contributed by atoms with E-state index in [0.717, 1.165) is 0 Å². The van der Waals surface area contributed by atoms with E-state index in [1.807, 2.05) is 0 Å². The molecule has 0 radical (unpaired) electrons. The fraction of sp³-hybridized carbons (Fsp3) is 0.167. The number of nitrogens with one attached hydrogen (secondary N) is 1. The van der Waals surface area contributed by atoms with Crippen molar-refractivity contribution in [2.75, 3.05) is 6.79 Å². The third-order valence-corrected chi connectivity index (χ3v) is 2.66. The number of halogens is 1. The van der Waals surface area contributed by atoms with E-state index < -0.39 is 11.9 Å². The molecule has 0 aromatic heterocycles. The van der Waals surface area contributed by atoms with E-state index in [4.69, 9.17) is 26.2 Å². The van der Waals surface area contributed by atoms with Gasteiger partial charge in [-0.2, -0.15) is 0 Å². The van der Waals surface area contributed by atoms with Crippen LogP contribution >= 0.6 is 11.6 Å². The van der Waals surface area contributed by atoms with Gasteiger partial charge in [0, 0.05) is 13.0 Å². The van der Waals surface area contributed by atoms with E-state index in [9.17, 15) is 9.59 Å². The van der Waals surface area contributed by atoms with Crippen molar-refractivity contribution in [3.63, 3.8) is 0 Å². The van der Waals surface area contributed by atoms with E-state index in [2.05, 4.69) is 5.32 Å². The number of rotatable bonds is 3. The minimum Gasteiger partial charge on any atom is -0.477 e. The summed E-state index contributed by atoms with van der Waals surface area (Å²) in [6.07, 6.45) is 1.26. The van der Waals surface area contributed by atoms with Gasteiger partial charge in [0.15, 0.2) is 11.5 Å². The van der Waals surface area contributed by atoms with Gasteiger partial charge in [0.2, 0.25) is 12.7 Å². The molecule has 1 heterocycles. The van der Waals surface area contributed by atoms with Crippen LogP contribution in [0.3, 0.4) is 0 Å². The maximum Gasteiger partial charge on any atom is 0.352 e. The van der Waals surface area contributed by atoms with Gasteiger partial charge in [0.05, 0.1) is 5.02 Å². The third kappa shape index (κ3) is 2.97. The van der Waals surface area contributed by atoms with Gasteiger partial charge in [-0.25, -0.2) is 4.79 Å². The standard InChI is InChI=1S/C12H10ClNO5/c1-6(15)14-9(12(16)17)2-7-3-10-11(4-8(7)13)19-5-18-10/h2-4H,5H2,1H3,(H,14,15)(H,16,17)/b9-2+. The summed E-state index contributed by atoms with van der Waals surface area (Å²) in [5.41, 5.74) is 0.144. The van der Waals surface area contributed by atoms with Gasteiger partial charge < -0.3 is 19.9 Å². The molecule has 0 fully saturated rings. The number of aliphatic carboxylic acids is 1. The van der Waals surface area contributed by atoms with Crippen molar-refractivity contribution in [3.8, 4) is 11.5 Å². The summed E-state index contributed by atoms with van der Waals surface area (Å²) < 4.78 is 10.3. The van der Waals surface area contributed by atoms with Crippen molar-refractivity contribution in [3.05, 3.63) is 28.4 Å². The van der Waals surface area contributed by atoms with Crippen LogP contribution in [0.15, 0.2) is 17.8 Å². The molecule has 0 saturated heterocycles. The van der Waals surface area contributed by atoms with Crippen LogP contribution in [0.5, 0.6) is 11.5 Å². The Bertz CT molecular complexity index is 582. The van der Waals surface area contributed by atoms with Gasteiger partial charge in [-0.1, -0.05) is 11.6 Å². The molecule has 19 heavy (non-hydrogen) atoms. The second-order valence-electron chi connectivity index (χ2n) is 3.77. The number of benzene rings is 1. The number of carboxylic acid groups (broad SMARTS) is 1. The van der Waals surface area contributed by atoms with Crippen LogP contribution in [-0.4, -0.2) is 23.8 Å². The zero-order chi connectivity index (χ0) is 14.0. The zero-order valence-corrected chi connectivity index (χ0v) is 10.7. The molecule has 0 spiro atoms. The quantitative estimate of drug-likeness (QED) is 0.824. The highest BCUT2D eigenvalue weighted by molar-refractivity contribution is 6.32. The predicted octanol–water partition coefficient (Wildman–Crippen LogP) is 1.63. The molecule has 1 amide bonds. The van der Waals surface area contributed by atoms with E-state index >= 15 is 0 Å². The lowest BCUT2D eigenvalue weighted by Gasteiger charge is -2.05. The van der Waals surface area contributed by atoms with Crippen LogP contribution < -0.4 is 14.8 Å². The minimum atomic E-state index is -1.26. The molecular weight excluding hydrogens is 274 g/mol. The highest BCUT2D eigenvalue weighted by Crippen LogP contribution is 2.37. The smallest absolute Gasteiger partial charge is 0.352 e. The van der Waals surface area contributed by atoms with Gasteiger partial charge in [0.1, 0.15) is 5.70 Å². The lowest BCUT2D eigenvalue weighted by atomic mass is 10.1. The molecule has 0 bridgehead atoms. The number of carbonyl (C=O) groups is 2. The molecule has 100 valence electrons. The lowest BCUT2D eigenvalue weighted by Crippen LogP contribution is -2.24. The van der Waals surface area contributed by atoms with Crippen LogP contribution in [0.1, 0.15) is 12.5 Å². The van der Waals surface area contributed by atoms with Crippen LogP contribution in [-0.2, 0) is 9.59 Å². The topological polar surface area (TPSA) is 84.9 Å². The third-order valence-electron chi connectivity index (χ3n) is 2.33. The molecule has 0 saturated carbocycles. The van der Waals surface area contributed by atoms with Crippen molar-refractivity contribution in [2.24, 2.45) is 0 Å². The molecule has 2 N–H and O–H groups in total. The number of hydrogen-bond acceptors (Lipinski definition) is 4. The average Bonchev–Trinajstić information content (AvgIpc) is 2.74. The highest BCUT2D eigenvalue weighted by atomic mass is 35.5. The maximum absolute atomic E-state index is 11.0. The fourth-order valence-electron chi connectivity index (χ4n) is 1.54. The Kier molecular flexibility index (Phi) is 3.62. The van der Waals surface area contributed by atoms with Gasteiger partial charge in [-0.3, -0.25) is 4.79 Å². The largest absolute Gasteiger partial charge is 0.477 e. The van der Waals surface area contributed by atoms with Gasteiger partial charge in [-0.05, 0) is 17.7 Å². The van der Waals surface area contributed by atoms with Gasteiger partial charge >= 0.3 is 5.97 Å². The lowest BCUT2D eigenvalue weighted by molar-refractivity contribution is -0.134. The Hall–Kier alpha value is -2.21. The van der Waals surface area contributed by atoms with Crippen molar-refractivity contribution in [1.82, 2.24) is 5.32 Å². The molecule has 1 aliphatic heterocycles. The summed E-state index contributed by atoms with van der Waals surface area (Å²) in [5, 5.41) is 11.5. The Labute approximate surface area is 113 Å². The van der Waals surface area contributed by atoms with Crippen molar-refractivity contribution < 1.29 is 24.2 Å². The van der Waals surface area contributed by atoms with Crippen LogP contribution in [0.4, 0.5) is 0 Å². The molecule has 1 aromatic rings. The van der Waals surface area contributed by atoms with Crippen LogP contribution in [0.2, 0.25) is 5.02 Å². The molecule has 0 atom stereocenters. The van der Waals surface area contributed by atoms with Crippen molar-refractivity contribution in [2.45, 2.75) is 6.92 Å². The van der Waals surface area contributed by atoms with E-state index in [1.165, 1.54) is 19.1 Å². The molecule has 7 heteroatoms. The summed E-state index contributed by atoms with van der Waals surface area (Å²) in [6.45, 7) is 1.31. The minimum absolute atomic E-state index is 0.0936. The monoisotopic (exact) mass is 283 g/mol. The second-order valence-corrected chi connectivity index (χ2v) is 4.18. The second kappa shape index (κ2) is 5.19. The SMILES string of the molecule is CC(=O)N/C(=C/c1cc2c(cc1Cl)OCO2)C(=O)O. The summed E-state index contributed by atoms with van der Waals surface area (Å²) in [4.78, 5) is 21.9. The normalized spacial score (nSPS) is 13.3. The Morgan fingerprint density at radius 3 is 2.58 bits per heavy atom. The molecule has 1 aromatic carbocycles. The average molecular weight is 284 g/mol. The van der Waals surface area contributed by atoms with E-state index in [-0.39, 0.29) is 12.5 Å². The summed E-state index contributed by atoms with van der Waals surface area (Å²) in [7, 11) is 0. The molecular formula is C12H10ClNO5. The Morgan fingerprint density at radius 1 is 1.37 bits per heavy atom. The van der Waals surface area contributed by atoms with E-state index in [0.29, 0.717) is 22.1 Å². The number of ether oxygens (including phenoxy) is 2. The number of hydrogen-bond donors (Lipinski definition) is 2. The van der Waals surface area contributed by atoms with Crippen LogP contribution in [0.25, 0.3) is 6.08 Å². The predicted molar refractivity (Wildman–Crippen MR) is 67.0 cm³/mol. The summed E-state index contributed by atoms with van der Waals surface area (Å²) >= 11 is 6.01.